The number of carbonyl (C=O) groups excluding carboxylic acids is 1. The summed E-state index contributed by atoms with van der Waals surface area (Å²) in [5, 5.41) is 3.95. The van der Waals surface area contributed by atoms with Crippen molar-refractivity contribution in [1.29, 1.82) is 0 Å². The predicted octanol–water partition coefficient (Wildman–Crippen LogP) is 5.09. The summed E-state index contributed by atoms with van der Waals surface area (Å²) in [6.45, 7) is 6.94. The molecule has 0 unspecified atom stereocenters. The van der Waals surface area contributed by atoms with Crippen LogP contribution in [0.4, 0.5) is 5.69 Å². The Balaban J connectivity index is 2.00. The number of nitrogens with one attached hydrogen (secondary N) is 1. The summed E-state index contributed by atoms with van der Waals surface area (Å²) in [7, 11) is 0. The zero-order chi connectivity index (χ0) is 17.8. The van der Waals surface area contributed by atoms with Gasteiger partial charge in [-0.05, 0) is 37.5 Å². The van der Waals surface area contributed by atoms with Gasteiger partial charge in [-0.15, -0.1) is 0 Å². The molecule has 4 heteroatoms. The molecule has 2 aromatic carbocycles. The standard InChI is InChI=1S/C21H23NO3/c1-4-15-10-8-9-14(3)19(15)22-21(23)20-17(13-24-5-2)16-11-6-7-12-18(16)25-20/h6-12H,4-5,13H2,1-3H3,(H,22,23). The maximum absolute atomic E-state index is 12.9. The van der Waals surface area contributed by atoms with Crippen molar-refractivity contribution in [3.63, 3.8) is 0 Å². The highest BCUT2D eigenvalue weighted by atomic mass is 16.5. The summed E-state index contributed by atoms with van der Waals surface area (Å²) < 4.78 is 11.4. The Labute approximate surface area is 147 Å². The van der Waals surface area contributed by atoms with Crippen LogP contribution in [0, 0.1) is 6.92 Å². The van der Waals surface area contributed by atoms with Crippen LogP contribution < -0.4 is 5.32 Å². The Morgan fingerprint density at radius 3 is 2.68 bits per heavy atom. The number of furan rings is 1. The topological polar surface area (TPSA) is 51.5 Å². The Hall–Kier alpha value is -2.59. The lowest BCUT2D eigenvalue weighted by Gasteiger charge is -2.12. The molecule has 4 nitrogen and oxygen atoms in total. The number of aryl methyl sites for hydroxylation is 2. The predicted molar refractivity (Wildman–Crippen MR) is 100 cm³/mol. The van der Waals surface area contributed by atoms with Crippen LogP contribution in [0.3, 0.4) is 0 Å². The number of benzene rings is 2. The van der Waals surface area contributed by atoms with Crippen LogP contribution in [-0.4, -0.2) is 12.5 Å². The molecule has 0 bridgehead atoms. The van der Waals surface area contributed by atoms with Gasteiger partial charge < -0.3 is 14.5 Å². The zero-order valence-corrected chi connectivity index (χ0v) is 14.9. The number of hydrogen-bond acceptors (Lipinski definition) is 3. The fourth-order valence-electron chi connectivity index (χ4n) is 3.00. The number of para-hydroxylation sites is 2. The highest BCUT2D eigenvalue weighted by molar-refractivity contribution is 6.07. The Morgan fingerprint density at radius 1 is 1.12 bits per heavy atom. The third-order valence-electron chi connectivity index (χ3n) is 4.33. The molecule has 1 aromatic heterocycles. The number of anilines is 1. The van der Waals surface area contributed by atoms with E-state index >= 15 is 0 Å². The van der Waals surface area contributed by atoms with Crippen LogP contribution in [0.5, 0.6) is 0 Å². The summed E-state index contributed by atoms with van der Waals surface area (Å²) in [4.78, 5) is 12.9. The summed E-state index contributed by atoms with van der Waals surface area (Å²) in [5.74, 6) is 0.0786. The van der Waals surface area contributed by atoms with E-state index in [2.05, 4.69) is 12.2 Å². The summed E-state index contributed by atoms with van der Waals surface area (Å²) in [6.07, 6.45) is 0.850. The molecular weight excluding hydrogens is 314 g/mol. The van der Waals surface area contributed by atoms with Gasteiger partial charge in [0.2, 0.25) is 0 Å². The monoisotopic (exact) mass is 337 g/mol. The Bertz CT molecular complexity index is 895. The number of hydrogen-bond donors (Lipinski definition) is 1. The van der Waals surface area contributed by atoms with Gasteiger partial charge in [0.05, 0.1) is 6.61 Å². The van der Waals surface area contributed by atoms with E-state index < -0.39 is 0 Å². The third kappa shape index (κ3) is 3.44. The molecule has 1 heterocycles. The molecule has 3 aromatic rings. The van der Waals surface area contributed by atoms with E-state index in [0.29, 0.717) is 24.6 Å². The largest absolute Gasteiger partial charge is 0.451 e. The Kier molecular flexibility index (Phi) is 5.19. The summed E-state index contributed by atoms with van der Waals surface area (Å²) in [5.41, 5.74) is 4.49. The van der Waals surface area contributed by atoms with Crippen LogP contribution in [0.25, 0.3) is 11.0 Å². The first-order valence-electron chi connectivity index (χ1n) is 8.63. The fourth-order valence-corrected chi connectivity index (χ4v) is 3.00. The highest BCUT2D eigenvalue weighted by Crippen LogP contribution is 2.28. The van der Waals surface area contributed by atoms with Crippen molar-refractivity contribution in [1.82, 2.24) is 0 Å². The number of fused-ring (bicyclic) bond motifs is 1. The lowest BCUT2D eigenvalue weighted by atomic mass is 10.1. The summed E-state index contributed by atoms with van der Waals surface area (Å²) >= 11 is 0. The first-order chi connectivity index (χ1) is 12.2. The number of carbonyl (C=O) groups is 1. The van der Waals surface area contributed by atoms with Gasteiger partial charge >= 0.3 is 0 Å². The molecule has 0 aliphatic carbocycles. The van der Waals surface area contributed by atoms with Crippen LogP contribution in [0.15, 0.2) is 46.9 Å². The molecule has 25 heavy (non-hydrogen) atoms. The maximum Gasteiger partial charge on any atom is 0.291 e. The second-order valence-corrected chi connectivity index (χ2v) is 5.96. The molecule has 0 aliphatic rings. The van der Waals surface area contributed by atoms with Crippen LogP contribution >= 0.6 is 0 Å². The van der Waals surface area contributed by atoms with Gasteiger partial charge in [0.25, 0.3) is 5.91 Å². The van der Waals surface area contributed by atoms with Gasteiger partial charge in [-0.1, -0.05) is 43.3 Å². The molecule has 0 radical (unpaired) electrons. The normalized spacial score (nSPS) is 11.0. The van der Waals surface area contributed by atoms with Crippen LogP contribution in [-0.2, 0) is 17.8 Å². The van der Waals surface area contributed by atoms with Crippen LogP contribution in [0.2, 0.25) is 0 Å². The zero-order valence-electron chi connectivity index (χ0n) is 14.9. The summed E-state index contributed by atoms with van der Waals surface area (Å²) in [6, 6.07) is 13.7. The van der Waals surface area contributed by atoms with Crippen molar-refractivity contribution in [2.24, 2.45) is 0 Å². The van der Waals surface area contributed by atoms with E-state index in [1.807, 2.05) is 56.3 Å². The number of rotatable bonds is 6. The van der Waals surface area contributed by atoms with E-state index in [4.69, 9.17) is 9.15 Å². The van der Waals surface area contributed by atoms with E-state index in [1.54, 1.807) is 0 Å². The second-order valence-electron chi connectivity index (χ2n) is 5.96. The van der Waals surface area contributed by atoms with Crippen molar-refractivity contribution in [2.75, 3.05) is 11.9 Å². The van der Waals surface area contributed by atoms with Crippen molar-refractivity contribution >= 4 is 22.6 Å². The van der Waals surface area contributed by atoms with Gasteiger partial charge in [-0.25, -0.2) is 0 Å². The molecule has 1 amide bonds. The van der Waals surface area contributed by atoms with Crippen molar-refractivity contribution in [3.8, 4) is 0 Å². The van der Waals surface area contributed by atoms with E-state index in [0.717, 1.165) is 34.2 Å². The van der Waals surface area contributed by atoms with Gasteiger partial charge in [-0.3, -0.25) is 4.79 Å². The number of ether oxygens (including phenoxy) is 1. The molecule has 3 rings (SSSR count). The minimum absolute atomic E-state index is 0.241. The van der Waals surface area contributed by atoms with E-state index in [9.17, 15) is 4.79 Å². The van der Waals surface area contributed by atoms with Crippen molar-refractivity contribution in [2.45, 2.75) is 33.8 Å². The Morgan fingerprint density at radius 2 is 1.92 bits per heavy atom. The average Bonchev–Trinajstić information content (AvgIpc) is 3.00. The van der Waals surface area contributed by atoms with Gasteiger partial charge in [0.15, 0.2) is 5.76 Å². The fraction of sp³-hybridized carbons (Fsp3) is 0.286. The minimum Gasteiger partial charge on any atom is -0.451 e. The molecular formula is C21H23NO3. The first-order valence-corrected chi connectivity index (χ1v) is 8.63. The lowest BCUT2D eigenvalue weighted by molar-refractivity contribution is 0.0984. The minimum atomic E-state index is -0.241. The van der Waals surface area contributed by atoms with Gasteiger partial charge in [0.1, 0.15) is 5.58 Å². The molecule has 0 fully saturated rings. The third-order valence-corrected chi connectivity index (χ3v) is 4.33. The van der Waals surface area contributed by atoms with Gasteiger partial charge in [0, 0.05) is 23.2 Å². The SMILES string of the molecule is CCOCc1c(C(=O)Nc2c(C)cccc2CC)oc2ccccc12. The molecule has 0 aliphatic heterocycles. The van der Waals surface area contributed by atoms with Crippen LogP contribution in [0.1, 0.15) is 41.1 Å². The second kappa shape index (κ2) is 7.53. The molecule has 130 valence electrons. The van der Waals surface area contributed by atoms with E-state index in [-0.39, 0.29) is 5.91 Å². The lowest BCUT2D eigenvalue weighted by Crippen LogP contribution is -2.15. The highest BCUT2D eigenvalue weighted by Gasteiger charge is 2.21. The van der Waals surface area contributed by atoms with Gasteiger partial charge in [-0.2, -0.15) is 0 Å². The molecule has 1 N–H and O–H groups in total. The molecule has 0 saturated carbocycles. The molecule has 0 spiro atoms. The average molecular weight is 337 g/mol. The van der Waals surface area contributed by atoms with Crippen molar-refractivity contribution in [3.05, 3.63) is 64.9 Å². The van der Waals surface area contributed by atoms with Crippen molar-refractivity contribution < 1.29 is 13.9 Å². The maximum atomic E-state index is 12.9. The van der Waals surface area contributed by atoms with E-state index in [1.165, 1.54) is 0 Å². The first kappa shape index (κ1) is 17.2. The molecule has 0 saturated heterocycles. The smallest absolute Gasteiger partial charge is 0.291 e. The molecule has 0 atom stereocenters. The number of amides is 1. The quantitative estimate of drug-likeness (QED) is 0.681.